The third-order valence-corrected chi connectivity index (χ3v) is 7.68. The van der Waals surface area contributed by atoms with Gasteiger partial charge in [0.25, 0.3) is 0 Å². The number of nitrogens with zero attached hydrogens (tertiary/aromatic N) is 7. The maximum atomic E-state index is 7.84. The molecule has 5 heterocycles. The summed E-state index contributed by atoms with van der Waals surface area (Å²) in [6.45, 7) is 0. The van der Waals surface area contributed by atoms with Crippen molar-refractivity contribution < 1.29 is 16.5 Å². The number of nitrogens with one attached hydrogen (secondary N) is 3. The Labute approximate surface area is 252 Å². The molecular weight excluding hydrogens is 583 g/mol. The molecule has 7 aromatic rings. The van der Waals surface area contributed by atoms with Crippen molar-refractivity contribution >= 4 is 49.8 Å². The third kappa shape index (κ3) is 3.72. The number of hydrogen-bond donors (Lipinski definition) is 3. The van der Waals surface area contributed by atoms with E-state index in [0.29, 0.717) is 57.0 Å². The zero-order chi connectivity index (χ0) is 27.8. The molecule has 2 aliphatic heterocycles. The van der Waals surface area contributed by atoms with Crippen LogP contribution in [0.2, 0.25) is 0 Å². The van der Waals surface area contributed by atoms with Crippen molar-refractivity contribution in [3.05, 3.63) is 91.0 Å². The van der Waals surface area contributed by atoms with E-state index < -0.39 is 0 Å². The Morgan fingerprint density at radius 3 is 1.33 bits per heavy atom. The molecule has 2 aliphatic rings. The van der Waals surface area contributed by atoms with Crippen LogP contribution in [0.5, 0.6) is 0 Å². The summed E-state index contributed by atoms with van der Waals surface area (Å²) in [6, 6.07) is 29.4. The molecule has 0 atom stereocenters. The topological polar surface area (TPSA) is 145 Å². The molecule has 9 rings (SSSR count). The summed E-state index contributed by atoms with van der Waals surface area (Å²) in [5.41, 5.74) is 14.2. The Kier molecular flexibility index (Phi) is 5.50. The van der Waals surface area contributed by atoms with Gasteiger partial charge in [0.05, 0.1) is 11.1 Å². The molecular formula is C32H18N10Ni. The molecule has 0 radical (unpaired) electrons. The van der Waals surface area contributed by atoms with Crippen molar-refractivity contribution in [3.8, 4) is 45.6 Å². The fourth-order valence-corrected chi connectivity index (χ4v) is 5.77. The van der Waals surface area contributed by atoms with E-state index >= 15 is 0 Å². The maximum absolute atomic E-state index is 7.84. The number of hydrogen-bond acceptors (Lipinski definition) is 8. The number of rotatable bonds is 1. The fourth-order valence-electron chi connectivity index (χ4n) is 5.77. The molecule has 0 fully saturated rings. The van der Waals surface area contributed by atoms with Gasteiger partial charge in [-0.15, -0.1) is 0 Å². The zero-order valence-electron chi connectivity index (χ0n) is 22.1. The van der Waals surface area contributed by atoms with Crippen molar-refractivity contribution in [2.24, 2.45) is 5.11 Å². The van der Waals surface area contributed by atoms with Gasteiger partial charge in [0.15, 0.2) is 23.3 Å². The monoisotopic (exact) mass is 600 g/mol. The SMILES string of the molecule is N=Nc1cccc2c3nc4nc(nc5[nH]c(nc6nc(nc([nH]3)c12)-c1ccccc1-6)c1ccccc51)-c1ccccc1-4.[Ni]. The first kappa shape index (κ1) is 25.1. The Bertz CT molecular complexity index is 2460. The molecule has 0 unspecified atom stereocenters. The smallest absolute Gasteiger partial charge is 0.164 e. The molecule has 0 spiro atoms. The molecule has 8 bridgehead atoms. The summed E-state index contributed by atoms with van der Waals surface area (Å²) >= 11 is 0. The minimum atomic E-state index is 0. The molecule has 10 nitrogen and oxygen atoms in total. The Morgan fingerprint density at radius 2 is 0.837 bits per heavy atom. The van der Waals surface area contributed by atoms with Gasteiger partial charge in [0, 0.05) is 54.9 Å². The fraction of sp³-hybridized carbons (Fsp3) is 0. The first-order valence-corrected chi connectivity index (χ1v) is 13.4. The summed E-state index contributed by atoms with van der Waals surface area (Å²) in [4.78, 5) is 36.6. The average Bonchev–Trinajstić information content (AvgIpc) is 3.76. The Balaban J connectivity index is 0.00000278. The molecule has 11 heteroatoms. The molecule has 0 amide bonds. The minimum Gasteiger partial charge on any atom is -0.324 e. The second-order valence-electron chi connectivity index (χ2n) is 10.1. The first-order valence-electron chi connectivity index (χ1n) is 13.4. The van der Waals surface area contributed by atoms with Gasteiger partial charge in [-0.25, -0.2) is 35.4 Å². The molecule has 206 valence electrons. The van der Waals surface area contributed by atoms with E-state index in [1.807, 2.05) is 84.9 Å². The summed E-state index contributed by atoms with van der Waals surface area (Å²) in [5, 5.41) is 7.10. The van der Waals surface area contributed by atoms with Gasteiger partial charge in [-0.05, 0) is 6.07 Å². The van der Waals surface area contributed by atoms with Gasteiger partial charge in [0.2, 0.25) is 0 Å². The van der Waals surface area contributed by atoms with Crippen LogP contribution in [0.25, 0.3) is 89.7 Å². The Hall–Kier alpha value is -5.67. The molecule has 43 heavy (non-hydrogen) atoms. The van der Waals surface area contributed by atoms with E-state index in [0.717, 1.165) is 38.4 Å². The summed E-state index contributed by atoms with van der Waals surface area (Å²) in [5.74, 6) is 2.13. The standard InChI is InChI=1S/C32H18N10.Ni/c33-42-23-15-7-14-22-24(23)32-40-30-21-13-6-5-12-20(21)28(38-30)36-26-17-9-2-1-8-16(17)25(34-26)35-27-18-10-3-4-11-19(18)29(37-27)39-31(22)41-32;/h1-15,33H,(H2,34,35,36,37,38,39,40,41);. The van der Waals surface area contributed by atoms with E-state index in [1.54, 1.807) is 6.07 Å². The van der Waals surface area contributed by atoms with E-state index in [2.05, 4.69) is 15.1 Å². The maximum Gasteiger partial charge on any atom is 0.164 e. The van der Waals surface area contributed by atoms with Crippen LogP contribution in [0.15, 0.2) is 96.1 Å². The van der Waals surface area contributed by atoms with Crippen molar-refractivity contribution in [1.29, 1.82) is 5.53 Å². The van der Waals surface area contributed by atoms with Crippen molar-refractivity contribution in [2.75, 3.05) is 0 Å². The molecule has 3 aromatic heterocycles. The summed E-state index contributed by atoms with van der Waals surface area (Å²) < 4.78 is 0. The number of aromatic nitrogens is 8. The normalized spacial score (nSPS) is 11.6. The molecule has 0 aliphatic carbocycles. The number of aromatic amines is 2. The van der Waals surface area contributed by atoms with Crippen LogP contribution >= 0.6 is 0 Å². The minimum absolute atomic E-state index is 0. The predicted molar refractivity (Wildman–Crippen MR) is 161 cm³/mol. The molecule has 3 N–H and O–H groups in total. The van der Waals surface area contributed by atoms with Crippen LogP contribution in [0.4, 0.5) is 5.69 Å². The number of benzene rings is 4. The predicted octanol–water partition coefficient (Wildman–Crippen LogP) is 7.53. The van der Waals surface area contributed by atoms with Crippen LogP contribution in [0.1, 0.15) is 0 Å². The van der Waals surface area contributed by atoms with Crippen molar-refractivity contribution in [2.45, 2.75) is 0 Å². The molecule has 0 saturated carbocycles. The van der Waals surface area contributed by atoms with Gasteiger partial charge < -0.3 is 9.97 Å². The quantitative estimate of drug-likeness (QED) is 0.131. The molecule has 0 saturated heterocycles. The van der Waals surface area contributed by atoms with E-state index in [1.165, 1.54) is 0 Å². The summed E-state index contributed by atoms with van der Waals surface area (Å²) in [7, 11) is 0. The van der Waals surface area contributed by atoms with Crippen molar-refractivity contribution in [3.63, 3.8) is 0 Å². The number of H-pyrrole nitrogens is 2. The van der Waals surface area contributed by atoms with Crippen LogP contribution in [0.3, 0.4) is 0 Å². The second kappa shape index (κ2) is 9.44. The van der Waals surface area contributed by atoms with Gasteiger partial charge in [-0.3, -0.25) is 0 Å². The van der Waals surface area contributed by atoms with Gasteiger partial charge in [0.1, 0.15) is 22.6 Å². The van der Waals surface area contributed by atoms with Gasteiger partial charge >= 0.3 is 0 Å². The van der Waals surface area contributed by atoms with Gasteiger partial charge in [-0.1, -0.05) is 84.9 Å². The largest absolute Gasteiger partial charge is 0.324 e. The Morgan fingerprint density at radius 1 is 0.442 bits per heavy atom. The van der Waals surface area contributed by atoms with Crippen LogP contribution in [-0.4, -0.2) is 39.9 Å². The number of fused-ring (bicyclic) bond motifs is 20. The van der Waals surface area contributed by atoms with E-state index in [9.17, 15) is 0 Å². The summed E-state index contributed by atoms with van der Waals surface area (Å²) in [6.07, 6.45) is 0. The molecule has 4 aromatic carbocycles. The van der Waals surface area contributed by atoms with Crippen LogP contribution < -0.4 is 0 Å². The van der Waals surface area contributed by atoms with E-state index in [4.69, 9.17) is 35.4 Å². The zero-order valence-corrected chi connectivity index (χ0v) is 23.1. The van der Waals surface area contributed by atoms with Crippen molar-refractivity contribution in [1.82, 2.24) is 39.9 Å². The second-order valence-corrected chi connectivity index (χ2v) is 10.1. The van der Waals surface area contributed by atoms with E-state index in [-0.39, 0.29) is 16.5 Å². The van der Waals surface area contributed by atoms with Crippen LogP contribution in [0, 0.1) is 5.53 Å². The first-order chi connectivity index (χ1) is 20.7. The third-order valence-electron chi connectivity index (χ3n) is 7.68. The van der Waals surface area contributed by atoms with Crippen LogP contribution in [-0.2, 0) is 16.5 Å². The average molecular weight is 601 g/mol. The van der Waals surface area contributed by atoms with Gasteiger partial charge in [-0.2, -0.15) is 5.11 Å².